The highest BCUT2D eigenvalue weighted by molar-refractivity contribution is 9.10. The van der Waals surface area contributed by atoms with E-state index in [1.165, 1.54) is 6.20 Å². The number of hydrogen-bond acceptors (Lipinski definition) is 3. The van der Waals surface area contributed by atoms with Gasteiger partial charge in [0.15, 0.2) is 0 Å². The third kappa shape index (κ3) is 3.20. The molecule has 4 nitrogen and oxygen atoms in total. The number of nitrogens with one attached hydrogen (secondary N) is 1. The maximum Gasteiger partial charge on any atom is 0.236 e. The van der Waals surface area contributed by atoms with Crippen molar-refractivity contribution in [3.8, 4) is 0 Å². The van der Waals surface area contributed by atoms with Crippen LogP contribution in [0.25, 0.3) is 0 Å². The molecule has 3 N–H and O–H groups in total. The van der Waals surface area contributed by atoms with Gasteiger partial charge in [-0.1, -0.05) is 11.6 Å². The molecule has 0 atom stereocenters. The zero-order chi connectivity index (χ0) is 9.84. The Morgan fingerprint density at radius 1 is 1.77 bits per heavy atom. The highest BCUT2D eigenvalue weighted by Gasteiger charge is 2.02. The fourth-order valence-electron chi connectivity index (χ4n) is 0.715. The number of pyridine rings is 1. The van der Waals surface area contributed by atoms with E-state index in [4.69, 9.17) is 17.3 Å². The topological polar surface area (TPSA) is 68.0 Å². The second kappa shape index (κ2) is 4.43. The van der Waals surface area contributed by atoms with Gasteiger partial charge in [0.05, 0.1) is 16.0 Å². The molecule has 6 heteroatoms. The summed E-state index contributed by atoms with van der Waals surface area (Å²) in [5.74, 6) is 0.104. The van der Waals surface area contributed by atoms with E-state index in [0.717, 1.165) is 0 Å². The monoisotopic (exact) mass is 263 g/mol. The SMILES string of the molecule is NC(=O)CNc1ncc(Cl)cc1Br. The van der Waals surface area contributed by atoms with Crippen LogP contribution in [0.2, 0.25) is 5.02 Å². The van der Waals surface area contributed by atoms with Gasteiger partial charge in [-0.3, -0.25) is 4.79 Å². The number of primary amides is 1. The first-order valence-corrected chi connectivity index (χ1v) is 4.60. The van der Waals surface area contributed by atoms with E-state index in [-0.39, 0.29) is 6.54 Å². The number of carbonyl (C=O) groups is 1. The zero-order valence-electron chi connectivity index (χ0n) is 6.55. The molecule has 1 aromatic rings. The third-order valence-corrected chi connectivity index (χ3v) is 2.05. The van der Waals surface area contributed by atoms with Gasteiger partial charge in [-0.2, -0.15) is 0 Å². The fraction of sp³-hybridized carbons (Fsp3) is 0.143. The lowest BCUT2D eigenvalue weighted by Crippen LogP contribution is -2.22. The Morgan fingerprint density at radius 2 is 2.46 bits per heavy atom. The molecule has 0 unspecified atom stereocenters. The molecule has 0 aliphatic carbocycles. The number of nitrogens with two attached hydrogens (primary N) is 1. The Bertz CT molecular complexity index is 332. The first kappa shape index (κ1) is 10.3. The molecule has 0 radical (unpaired) electrons. The highest BCUT2D eigenvalue weighted by atomic mass is 79.9. The minimum Gasteiger partial charge on any atom is -0.368 e. The highest BCUT2D eigenvalue weighted by Crippen LogP contribution is 2.22. The molecule has 0 bridgehead atoms. The molecule has 0 fully saturated rings. The van der Waals surface area contributed by atoms with E-state index < -0.39 is 5.91 Å². The van der Waals surface area contributed by atoms with Crippen LogP contribution in [0.3, 0.4) is 0 Å². The number of nitrogens with zero attached hydrogens (tertiary/aromatic N) is 1. The van der Waals surface area contributed by atoms with Gasteiger partial charge in [0.2, 0.25) is 5.91 Å². The molecule has 1 heterocycles. The Hall–Kier alpha value is -0.810. The molecule has 0 spiro atoms. The second-order valence-electron chi connectivity index (χ2n) is 2.30. The number of aromatic nitrogens is 1. The lowest BCUT2D eigenvalue weighted by molar-refractivity contribution is -0.116. The average Bonchev–Trinajstić information content (AvgIpc) is 2.02. The van der Waals surface area contributed by atoms with Crippen molar-refractivity contribution >= 4 is 39.3 Å². The Morgan fingerprint density at radius 3 is 3.00 bits per heavy atom. The quantitative estimate of drug-likeness (QED) is 0.867. The van der Waals surface area contributed by atoms with E-state index in [9.17, 15) is 4.79 Å². The van der Waals surface area contributed by atoms with Gasteiger partial charge in [0.1, 0.15) is 5.82 Å². The van der Waals surface area contributed by atoms with Crippen molar-refractivity contribution in [3.05, 3.63) is 21.8 Å². The van der Waals surface area contributed by atoms with Gasteiger partial charge < -0.3 is 11.1 Å². The van der Waals surface area contributed by atoms with Crippen molar-refractivity contribution in [1.82, 2.24) is 4.98 Å². The summed E-state index contributed by atoms with van der Waals surface area (Å²) in [6.07, 6.45) is 1.48. The number of anilines is 1. The van der Waals surface area contributed by atoms with E-state index in [0.29, 0.717) is 15.3 Å². The third-order valence-electron chi connectivity index (χ3n) is 1.24. The summed E-state index contributed by atoms with van der Waals surface area (Å²) < 4.78 is 0.696. The Labute approximate surface area is 88.6 Å². The largest absolute Gasteiger partial charge is 0.368 e. The summed E-state index contributed by atoms with van der Waals surface area (Å²) in [6.45, 7) is 0.0488. The Kier molecular flexibility index (Phi) is 3.50. The predicted molar refractivity (Wildman–Crippen MR) is 54.6 cm³/mol. The van der Waals surface area contributed by atoms with Gasteiger partial charge in [-0.25, -0.2) is 4.98 Å². The zero-order valence-corrected chi connectivity index (χ0v) is 8.89. The van der Waals surface area contributed by atoms with E-state index in [1.54, 1.807) is 6.07 Å². The molecule has 70 valence electrons. The summed E-state index contributed by atoms with van der Waals surface area (Å²) in [4.78, 5) is 14.4. The number of carbonyl (C=O) groups excluding carboxylic acids is 1. The van der Waals surface area contributed by atoms with Crippen LogP contribution in [0.15, 0.2) is 16.7 Å². The second-order valence-corrected chi connectivity index (χ2v) is 3.59. The molecule has 13 heavy (non-hydrogen) atoms. The molecule has 0 saturated heterocycles. The number of rotatable bonds is 3. The number of amides is 1. The van der Waals surface area contributed by atoms with Crippen LogP contribution in [-0.2, 0) is 4.79 Å². The molecular formula is C7H7BrClN3O. The van der Waals surface area contributed by atoms with E-state index in [1.807, 2.05) is 0 Å². The number of hydrogen-bond donors (Lipinski definition) is 2. The summed E-state index contributed by atoms with van der Waals surface area (Å²) in [5.41, 5.74) is 4.95. The van der Waals surface area contributed by atoms with Crippen LogP contribution in [-0.4, -0.2) is 17.4 Å². The van der Waals surface area contributed by atoms with Gasteiger partial charge >= 0.3 is 0 Å². The summed E-state index contributed by atoms with van der Waals surface area (Å²) >= 11 is 8.90. The van der Waals surface area contributed by atoms with Crippen LogP contribution in [0.5, 0.6) is 0 Å². The predicted octanol–water partition coefficient (Wildman–Crippen LogP) is 1.39. The average molecular weight is 265 g/mol. The van der Waals surface area contributed by atoms with Gasteiger partial charge in [-0.05, 0) is 22.0 Å². The summed E-state index contributed by atoms with van der Waals surface area (Å²) in [6, 6.07) is 1.68. The van der Waals surface area contributed by atoms with Crippen molar-refractivity contribution < 1.29 is 4.79 Å². The van der Waals surface area contributed by atoms with Crippen LogP contribution in [0.4, 0.5) is 5.82 Å². The van der Waals surface area contributed by atoms with E-state index in [2.05, 4.69) is 26.2 Å². The minimum absolute atomic E-state index is 0.0488. The smallest absolute Gasteiger partial charge is 0.236 e. The fourth-order valence-corrected chi connectivity index (χ4v) is 1.49. The standard InChI is InChI=1S/C7H7BrClN3O/c8-5-1-4(9)2-11-7(5)12-3-6(10)13/h1-2H,3H2,(H2,10,13)(H,11,12). The maximum absolute atomic E-state index is 10.4. The molecule has 0 aliphatic rings. The van der Waals surface area contributed by atoms with E-state index >= 15 is 0 Å². The summed E-state index contributed by atoms with van der Waals surface area (Å²) in [5, 5.41) is 3.27. The molecule has 0 aliphatic heterocycles. The van der Waals surface area contributed by atoms with Crippen molar-refractivity contribution in [2.24, 2.45) is 5.73 Å². The molecular weight excluding hydrogens is 257 g/mol. The molecule has 0 saturated carbocycles. The van der Waals surface area contributed by atoms with Crippen LogP contribution >= 0.6 is 27.5 Å². The minimum atomic E-state index is -0.441. The molecule has 1 rings (SSSR count). The molecule has 0 aromatic carbocycles. The van der Waals surface area contributed by atoms with Gasteiger partial charge in [-0.15, -0.1) is 0 Å². The first-order chi connectivity index (χ1) is 6.09. The van der Waals surface area contributed by atoms with Crippen molar-refractivity contribution in [2.45, 2.75) is 0 Å². The maximum atomic E-state index is 10.4. The van der Waals surface area contributed by atoms with Crippen LogP contribution in [0.1, 0.15) is 0 Å². The molecule has 1 aromatic heterocycles. The first-order valence-electron chi connectivity index (χ1n) is 3.43. The van der Waals surface area contributed by atoms with Crippen molar-refractivity contribution in [2.75, 3.05) is 11.9 Å². The van der Waals surface area contributed by atoms with Crippen molar-refractivity contribution in [1.29, 1.82) is 0 Å². The van der Waals surface area contributed by atoms with Gasteiger partial charge in [0.25, 0.3) is 0 Å². The van der Waals surface area contributed by atoms with Crippen LogP contribution in [0, 0.1) is 0 Å². The number of halogens is 2. The lowest BCUT2D eigenvalue weighted by Gasteiger charge is -2.04. The Balaban J connectivity index is 2.72. The summed E-state index contributed by atoms with van der Waals surface area (Å²) in [7, 11) is 0. The van der Waals surface area contributed by atoms with Crippen molar-refractivity contribution in [3.63, 3.8) is 0 Å². The normalized spacial score (nSPS) is 9.69. The lowest BCUT2D eigenvalue weighted by atomic mass is 10.4. The van der Waals surface area contributed by atoms with Gasteiger partial charge in [0, 0.05) is 6.20 Å². The van der Waals surface area contributed by atoms with Crippen LogP contribution < -0.4 is 11.1 Å². The molecule has 1 amide bonds.